The van der Waals surface area contributed by atoms with E-state index in [0.717, 1.165) is 29.5 Å². The third-order valence-electron chi connectivity index (χ3n) is 3.94. The van der Waals surface area contributed by atoms with Gasteiger partial charge in [0.05, 0.1) is 0 Å². The highest BCUT2D eigenvalue weighted by atomic mass is 32.2. The lowest BCUT2D eigenvalue weighted by Gasteiger charge is -2.35. The van der Waals surface area contributed by atoms with Crippen LogP contribution in [0.3, 0.4) is 0 Å². The Hall–Kier alpha value is 0.310. The fourth-order valence-corrected chi connectivity index (χ4v) is 4.41. The Balaban J connectivity index is 2.33. The van der Waals surface area contributed by atoms with Crippen molar-refractivity contribution in [1.82, 2.24) is 0 Å². The summed E-state index contributed by atoms with van der Waals surface area (Å²) >= 11 is 2.20. The first-order chi connectivity index (χ1) is 7.67. The highest BCUT2D eigenvalue weighted by molar-refractivity contribution is 7.99. The molecule has 1 aliphatic carbocycles. The monoisotopic (exact) mass is 243 g/mol. The van der Waals surface area contributed by atoms with Gasteiger partial charge < -0.3 is 5.73 Å². The number of thioether (sulfide) groups is 1. The summed E-state index contributed by atoms with van der Waals surface area (Å²) in [6.07, 6.45) is 6.92. The minimum atomic E-state index is 0.792. The molecule has 2 N–H and O–H groups in total. The lowest BCUT2D eigenvalue weighted by molar-refractivity contribution is 0.283. The van der Waals surface area contributed by atoms with Crippen LogP contribution in [0, 0.1) is 17.8 Å². The number of rotatable bonds is 6. The Morgan fingerprint density at radius 2 is 2.06 bits per heavy atom. The molecule has 96 valence electrons. The number of hydrogen-bond donors (Lipinski definition) is 1. The standard InChI is InChI=1S/C14H29NS/c1-4-12-5-6-13(10-15)14(9-12)16-8-7-11(2)3/h11-14H,4-10,15H2,1-3H3. The van der Waals surface area contributed by atoms with Crippen molar-refractivity contribution in [1.29, 1.82) is 0 Å². The largest absolute Gasteiger partial charge is 0.330 e. The van der Waals surface area contributed by atoms with Crippen LogP contribution >= 0.6 is 11.8 Å². The lowest BCUT2D eigenvalue weighted by Crippen LogP contribution is -2.32. The van der Waals surface area contributed by atoms with E-state index >= 15 is 0 Å². The molecule has 0 aromatic heterocycles. The molecule has 0 heterocycles. The second-order valence-electron chi connectivity index (χ2n) is 5.67. The van der Waals surface area contributed by atoms with Crippen molar-refractivity contribution in [2.75, 3.05) is 12.3 Å². The molecule has 0 spiro atoms. The fourth-order valence-electron chi connectivity index (χ4n) is 2.57. The average Bonchev–Trinajstić information content (AvgIpc) is 2.28. The zero-order chi connectivity index (χ0) is 12.0. The Labute approximate surface area is 106 Å². The van der Waals surface area contributed by atoms with Gasteiger partial charge in [-0.3, -0.25) is 0 Å². The average molecular weight is 243 g/mol. The van der Waals surface area contributed by atoms with E-state index in [1.165, 1.54) is 37.9 Å². The molecule has 2 heteroatoms. The van der Waals surface area contributed by atoms with Crippen LogP contribution in [0.15, 0.2) is 0 Å². The van der Waals surface area contributed by atoms with Crippen LogP contribution < -0.4 is 5.73 Å². The van der Waals surface area contributed by atoms with Crippen LogP contribution in [0.1, 0.15) is 52.9 Å². The van der Waals surface area contributed by atoms with Crippen LogP contribution in [0.4, 0.5) is 0 Å². The van der Waals surface area contributed by atoms with Gasteiger partial charge in [0.2, 0.25) is 0 Å². The van der Waals surface area contributed by atoms with Gasteiger partial charge in [0, 0.05) is 5.25 Å². The van der Waals surface area contributed by atoms with E-state index in [-0.39, 0.29) is 0 Å². The molecule has 0 aliphatic heterocycles. The predicted molar refractivity (Wildman–Crippen MR) is 75.9 cm³/mol. The van der Waals surface area contributed by atoms with Gasteiger partial charge in [-0.15, -0.1) is 0 Å². The van der Waals surface area contributed by atoms with Crippen LogP contribution in [0.25, 0.3) is 0 Å². The van der Waals surface area contributed by atoms with Crippen molar-refractivity contribution in [3.05, 3.63) is 0 Å². The molecule has 0 bridgehead atoms. The molecular weight excluding hydrogens is 214 g/mol. The smallest absolute Gasteiger partial charge is 0.00899 e. The maximum absolute atomic E-state index is 5.90. The first-order valence-electron chi connectivity index (χ1n) is 6.99. The van der Waals surface area contributed by atoms with Crippen molar-refractivity contribution in [2.45, 2.75) is 58.1 Å². The molecular formula is C14H29NS. The van der Waals surface area contributed by atoms with Crippen molar-refractivity contribution >= 4 is 11.8 Å². The summed E-state index contributed by atoms with van der Waals surface area (Å²) < 4.78 is 0. The number of nitrogens with two attached hydrogens (primary N) is 1. The zero-order valence-corrected chi connectivity index (χ0v) is 12.1. The zero-order valence-electron chi connectivity index (χ0n) is 11.2. The van der Waals surface area contributed by atoms with Crippen molar-refractivity contribution < 1.29 is 0 Å². The SMILES string of the molecule is CCC1CCC(CN)C(SCCC(C)C)C1. The van der Waals surface area contributed by atoms with E-state index in [2.05, 4.69) is 32.5 Å². The van der Waals surface area contributed by atoms with Gasteiger partial charge in [-0.2, -0.15) is 11.8 Å². The first kappa shape index (κ1) is 14.4. The first-order valence-corrected chi connectivity index (χ1v) is 8.03. The third-order valence-corrected chi connectivity index (χ3v) is 5.42. The van der Waals surface area contributed by atoms with E-state index in [0.29, 0.717) is 0 Å². The summed E-state index contributed by atoms with van der Waals surface area (Å²) in [6, 6.07) is 0. The van der Waals surface area contributed by atoms with Gasteiger partial charge in [-0.1, -0.05) is 33.6 Å². The Kier molecular flexibility index (Phi) is 6.83. The quantitative estimate of drug-likeness (QED) is 0.765. The van der Waals surface area contributed by atoms with Crippen LogP contribution in [0.5, 0.6) is 0 Å². The minimum absolute atomic E-state index is 0.792. The van der Waals surface area contributed by atoms with Gasteiger partial charge in [-0.05, 0) is 49.3 Å². The molecule has 1 saturated carbocycles. The molecule has 1 aliphatic rings. The summed E-state index contributed by atoms with van der Waals surface area (Å²) in [5.41, 5.74) is 5.90. The normalized spacial score (nSPS) is 30.9. The van der Waals surface area contributed by atoms with E-state index < -0.39 is 0 Å². The second kappa shape index (κ2) is 7.60. The highest BCUT2D eigenvalue weighted by Crippen LogP contribution is 2.37. The van der Waals surface area contributed by atoms with Gasteiger partial charge in [0.15, 0.2) is 0 Å². The van der Waals surface area contributed by atoms with Crippen LogP contribution in [0.2, 0.25) is 0 Å². The molecule has 1 nitrogen and oxygen atoms in total. The van der Waals surface area contributed by atoms with E-state index in [4.69, 9.17) is 5.73 Å². The molecule has 0 aromatic rings. The summed E-state index contributed by atoms with van der Waals surface area (Å²) in [5, 5.41) is 0.849. The molecule has 16 heavy (non-hydrogen) atoms. The van der Waals surface area contributed by atoms with Crippen LogP contribution in [-0.2, 0) is 0 Å². The minimum Gasteiger partial charge on any atom is -0.330 e. The summed E-state index contributed by atoms with van der Waals surface area (Å²) in [5.74, 6) is 3.93. The topological polar surface area (TPSA) is 26.0 Å². The summed E-state index contributed by atoms with van der Waals surface area (Å²) in [7, 11) is 0. The maximum atomic E-state index is 5.90. The third kappa shape index (κ3) is 4.67. The highest BCUT2D eigenvalue weighted by Gasteiger charge is 2.28. The Morgan fingerprint density at radius 3 is 2.62 bits per heavy atom. The Morgan fingerprint density at radius 1 is 1.31 bits per heavy atom. The molecule has 0 aromatic carbocycles. The summed E-state index contributed by atoms with van der Waals surface area (Å²) in [4.78, 5) is 0. The molecule has 3 atom stereocenters. The fraction of sp³-hybridized carbons (Fsp3) is 1.00. The van der Waals surface area contributed by atoms with Gasteiger partial charge in [0.25, 0.3) is 0 Å². The van der Waals surface area contributed by atoms with Crippen molar-refractivity contribution in [3.8, 4) is 0 Å². The van der Waals surface area contributed by atoms with E-state index in [1.807, 2.05) is 0 Å². The molecule has 0 radical (unpaired) electrons. The molecule has 0 amide bonds. The number of hydrogen-bond acceptors (Lipinski definition) is 2. The van der Waals surface area contributed by atoms with Gasteiger partial charge >= 0.3 is 0 Å². The van der Waals surface area contributed by atoms with Crippen LogP contribution in [-0.4, -0.2) is 17.5 Å². The molecule has 1 rings (SSSR count). The maximum Gasteiger partial charge on any atom is 0.00899 e. The van der Waals surface area contributed by atoms with Crippen molar-refractivity contribution in [3.63, 3.8) is 0 Å². The van der Waals surface area contributed by atoms with Gasteiger partial charge in [0.1, 0.15) is 0 Å². The van der Waals surface area contributed by atoms with E-state index in [9.17, 15) is 0 Å². The second-order valence-corrected chi connectivity index (χ2v) is 7.02. The molecule has 1 fully saturated rings. The van der Waals surface area contributed by atoms with E-state index in [1.54, 1.807) is 0 Å². The lowest BCUT2D eigenvalue weighted by atomic mass is 9.80. The molecule has 3 unspecified atom stereocenters. The predicted octanol–water partition coefficient (Wildman–Crippen LogP) is 3.92. The van der Waals surface area contributed by atoms with Gasteiger partial charge in [-0.25, -0.2) is 0 Å². The van der Waals surface area contributed by atoms with Crippen molar-refractivity contribution in [2.24, 2.45) is 23.5 Å². The molecule has 0 saturated heterocycles. The summed E-state index contributed by atoms with van der Waals surface area (Å²) in [6.45, 7) is 7.87. The Bertz CT molecular complexity index is 182.